The van der Waals surface area contributed by atoms with Crippen molar-refractivity contribution in [2.24, 2.45) is 5.92 Å². The smallest absolute Gasteiger partial charge is 0.331 e. The van der Waals surface area contributed by atoms with Crippen LogP contribution in [-0.2, 0) is 14.3 Å². The fourth-order valence-electron chi connectivity index (χ4n) is 2.44. The molecule has 1 aliphatic rings. The second-order valence-electron chi connectivity index (χ2n) is 6.35. The molecule has 2 amide bonds. The Morgan fingerprint density at radius 2 is 1.79 bits per heavy atom. The molecule has 0 bridgehead atoms. The largest absolute Gasteiger partial charge is 0.464 e. The number of nitrogens with one attached hydrogen (secondary N) is 2. The van der Waals surface area contributed by atoms with Crippen LogP contribution in [0.5, 0.6) is 0 Å². The lowest BCUT2D eigenvalue weighted by Gasteiger charge is -2.24. The molecule has 0 heterocycles. The minimum atomic E-state index is -0.919. The summed E-state index contributed by atoms with van der Waals surface area (Å²) < 4.78 is 5.02. The van der Waals surface area contributed by atoms with Crippen LogP contribution in [0.15, 0.2) is 30.3 Å². The number of ether oxygens (including phenoxy) is 1. The zero-order valence-electron chi connectivity index (χ0n) is 14.3. The average Bonchev–Trinajstić information content (AvgIpc) is 3.33. The van der Waals surface area contributed by atoms with Crippen molar-refractivity contribution >= 4 is 17.8 Å². The Morgan fingerprint density at radius 1 is 1.17 bits per heavy atom. The molecule has 2 N–H and O–H groups in total. The average molecular weight is 332 g/mol. The van der Waals surface area contributed by atoms with E-state index in [1.54, 1.807) is 31.2 Å². The van der Waals surface area contributed by atoms with Crippen LogP contribution >= 0.6 is 0 Å². The zero-order valence-corrected chi connectivity index (χ0v) is 14.3. The number of rotatable bonds is 7. The number of hydrogen-bond acceptors (Lipinski definition) is 4. The standard InChI is InChI=1S/C18H24N2O4/c1-4-24-17(23)18(10-11-18)20-16(22)14(12(2)3)19-15(21)13-8-6-5-7-9-13/h5-9,12,14H,4,10-11H2,1-3H3,(H,19,21)(H,20,22)/t14-/m0/s1. The molecule has 2 rings (SSSR count). The van der Waals surface area contributed by atoms with E-state index in [4.69, 9.17) is 4.74 Å². The Labute approximate surface area is 142 Å². The first-order chi connectivity index (χ1) is 11.4. The van der Waals surface area contributed by atoms with E-state index in [1.807, 2.05) is 19.9 Å². The molecule has 0 aromatic heterocycles. The van der Waals surface area contributed by atoms with Crippen LogP contribution in [0.1, 0.15) is 44.0 Å². The highest BCUT2D eigenvalue weighted by atomic mass is 16.5. The minimum Gasteiger partial charge on any atom is -0.464 e. The molecule has 0 unspecified atom stereocenters. The molecule has 0 aliphatic heterocycles. The first-order valence-corrected chi connectivity index (χ1v) is 8.25. The van der Waals surface area contributed by atoms with E-state index in [1.165, 1.54) is 0 Å². The van der Waals surface area contributed by atoms with Gasteiger partial charge in [0.25, 0.3) is 5.91 Å². The molecule has 1 atom stereocenters. The van der Waals surface area contributed by atoms with Crippen molar-refractivity contribution in [3.8, 4) is 0 Å². The third-order valence-electron chi connectivity index (χ3n) is 4.05. The summed E-state index contributed by atoms with van der Waals surface area (Å²) in [4.78, 5) is 36.9. The maximum Gasteiger partial charge on any atom is 0.331 e. The molecule has 0 radical (unpaired) electrons. The van der Waals surface area contributed by atoms with Gasteiger partial charge in [0.15, 0.2) is 0 Å². The molecule has 24 heavy (non-hydrogen) atoms. The van der Waals surface area contributed by atoms with Crippen LogP contribution in [0.4, 0.5) is 0 Å². The van der Waals surface area contributed by atoms with E-state index in [0.29, 0.717) is 18.4 Å². The number of esters is 1. The van der Waals surface area contributed by atoms with Crippen molar-refractivity contribution < 1.29 is 19.1 Å². The molecule has 1 saturated carbocycles. The van der Waals surface area contributed by atoms with Gasteiger partial charge in [-0.15, -0.1) is 0 Å². The highest BCUT2D eigenvalue weighted by molar-refractivity contribution is 5.99. The van der Waals surface area contributed by atoms with Gasteiger partial charge < -0.3 is 15.4 Å². The van der Waals surface area contributed by atoms with Gasteiger partial charge in [0.05, 0.1) is 6.61 Å². The van der Waals surface area contributed by atoms with Crippen molar-refractivity contribution in [2.75, 3.05) is 6.61 Å². The van der Waals surface area contributed by atoms with Gasteiger partial charge in [0.2, 0.25) is 5.91 Å². The summed E-state index contributed by atoms with van der Waals surface area (Å²) in [6.07, 6.45) is 1.13. The van der Waals surface area contributed by atoms with Crippen LogP contribution < -0.4 is 10.6 Å². The predicted octanol–water partition coefficient (Wildman–Crippen LogP) is 1.65. The SMILES string of the molecule is CCOC(=O)C1(NC(=O)[C@@H](NC(=O)c2ccccc2)C(C)C)CC1. The van der Waals surface area contributed by atoms with Gasteiger partial charge in [-0.25, -0.2) is 4.79 Å². The Hall–Kier alpha value is -2.37. The minimum absolute atomic E-state index is 0.115. The van der Waals surface area contributed by atoms with Gasteiger partial charge >= 0.3 is 5.97 Å². The van der Waals surface area contributed by atoms with Crippen LogP contribution in [0.25, 0.3) is 0 Å². The molecule has 1 fully saturated rings. The van der Waals surface area contributed by atoms with E-state index in [0.717, 1.165) is 0 Å². The fourth-order valence-corrected chi connectivity index (χ4v) is 2.44. The Bertz CT molecular complexity index is 609. The van der Waals surface area contributed by atoms with Crippen molar-refractivity contribution in [3.05, 3.63) is 35.9 Å². The summed E-state index contributed by atoms with van der Waals surface area (Å²) in [5, 5.41) is 5.51. The van der Waals surface area contributed by atoms with E-state index in [9.17, 15) is 14.4 Å². The molecular weight excluding hydrogens is 308 g/mol. The lowest BCUT2D eigenvalue weighted by Crippen LogP contribution is -2.55. The van der Waals surface area contributed by atoms with Gasteiger partial charge in [-0.05, 0) is 37.8 Å². The first-order valence-electron chi connectivity index (χ1n) is 8.25. The summed E-state index contributed by atoms with van der Waals surface area (Å²) in [5.74, 6) is -1.20. The molecule has 1 aliphatic carbocycles. The van der Waals surface area contributed by atoms with E-state index in [-0.39, 0.29) is 24.3 Å². The fraction of sp³-hybridized carbons (Fsp3) is 0.500. The van der Waals surface area contributed by atoms with Crippen molar-refractivity contribution in [2.45, 2.75) is 45.2 Å². The molecule has 0 spiro atoms. The molecule has 1 aromatic carbocycles. The highest BCUT2D eigenvalue weighted by Crippen LogP contribution is 2.36. The quantitative estimate of drug-likeness (QED) is 0.744. The molecule has 0 saturated heterocycles. The summed E-state index contributed by atoms with van der Waals surface area (Å²) in [7, 11) is 0. The Balaban J connectivity index is 2.04. The second-order valence-corrected chi connectivity index (χ2v) is 6.35. The Kier molecular flexibility index (Phi) is 5.59. The topological polar surface area (TPSA) is 84.5 Å². The van der Waals surface area contributed by atoms with Crippen LogP contribution in [0.3, 0.4) is 0 Å². The zero-order chi connectivity index (χ0) is 17.7. The lowest BCUT2D eigenvalue weighted by molar-refractivity contribution is -0.149. The van der Waals surface area contributed by atoms with Gasteiger partial charge in [0, 0.05) is 5.56 Å². The van der Waals surface area contributed by atoms with Crippen molar-refractivity contribution in [1.29, 1.82) is 0 Å². The predicted molar refractivity (Wildman–Crippen MR) is 89.3 cm³/mol. The summed E-state index contributed by atoms with van der Waals surface area (Å²) in [5.41, 5.74) is -0.431. The maximum atomic E-state index is 12.6. The van der Waals surface area contributed by atoms with Crippen LogP contribution in [0.2, 0.25) is 0 Å². The third-order valence-corrected chi connectivity index (χ3v) is 4.05. The third kappa shape index (κ3) is 4.13. The van der Waals surface area contributed by atoms with Gasteiger partial charge in [-0.3, -0.25) is 9.59 Å². The molecule has 6 heteroatoms. The van der Waals surface area contributed by atoms with E-state index in [2.05, 4.69) is 10.6 Å². The molecule has 130 valence electrons. The summed E-state index contributed by atoms with van der Waals surface area (Å²) >= 11 is 0. The van der Waals surface area contributed by atoms with Gasteiger partial charge in [-0.2, -0.15) is 0 Å². The number of carbonyl (C=O) groups excluding carboxylic acids is 3. The van der Waals surface area contributed by atoms with E-state index < -0.39 is 17.6 Å². The first kappa shape index (κ1) is 18.0. The highest BCUT2D eigenvalue weighted by Gasteiger charge is 2.53. The normalized spacial score (nSPS) is 16.2. The molecular formula is C18H24N2O4. The van der Waals surface area contributed by atoms with Gasteiger partial charge in [0.1, 0.15) is 11.6 Å². The number of hydrogen-bond donors (Lipinski definition) is 2. The summed E-state index contributed by atoms with van der Waals surface area (Å²) in [6.45, 7) is 5.69. The maximum absolute atomic E-state index is 12.6. The molecule has 1 aromatic rings. The summed E-state index contributed by atoms with van der Waals surface area (Å²) in [6, 6.07) is 8.00. The van der Waals surface area contributed by atoms with Crippen molar-refractivity contribution in [1.82, 2.24) is 10.6 Å². The Morgan fingerprint density at radius 3 is 2.29 bits per heavy atom. The second kappa shape index (κ2) is 7.47. The lowest BCUT2D eigenvalue weighted by atomic mass is 10.0. The van der Waals surface area contributed by atoms with Crippen molar-refractivity contribution in [3.63, 3.8) is 0 Å². The number of benzene rings is 1. The van der Waals surface area contributed by atoms with Crippen LogP contribution in [0, 0.1) is 5.92 Å². The monoisotopic (exact) mass is 332 g/mol. The van der Waals surface area contributed by atoms with Crippen LogP contribution in [-0.4, -0.2) is 36.0 Å². The molecule has 6 nitrogen and oxygen atoms in total. The number of amides is 2. The van der Waals surface area contributed by atoms with E-state index >= 15 is 0 Å². The number of carbonyl (C=O) groups is 3. The van der Waals surface area contributed by atoms with Gasteiger partial charge in [-0.1, -0.05) is 32.0 Å².